The number of halogens is 1. The van der Waals surface area contributed by atoms with E-state index < -0.39 is 9.84 Å². The van der Waals surface area contributed by atoms with Crippen LogP contribution in [0, 0.1) is 6.92 Å². The van der Waals surface area contributed by atoms with Gasteiger partial charge in [0.25, 0.3) is 0 Å². The fraction of sp³-hybridized carbons (Fsp3) is 0.0714. The lowest BCUT2D eigenvalue weighted by atomic mass is 10.2. The molecule has 0 radical (unpaired) electrons. The molecular formula is C14H11ClN2O2S. The summed E-state index contributed by atoms with van der Waals surface area (Å²) in [4.78, 5) is 4.23. The highest BCUT2D eigenvalue weighted by atomic mass is 35.5. The highest BCUT2D eigenvalue weighted by Gasteiger charge is 2.19. The maximum atomic E-state index is 12.5. The van der Waals surface area contributed by atoms with Crippen LogP contribution in [0.1, 0.15) is 5.56 Å². The second kappa shape index (κ2) is 4.61. The zero-order valence-electron chi connectivity index (χ0n) is 10.6. The van der Waals surface area contributed by atoms with Gasteiger partial charge in [-0.05, 0) is 31.2 Å². The zero-order valence-corrected chi connectivity index (χ0v) is 12.2. The molecule has 20 heavy (non-hydrogen) atoms. The number of hydrogen-bond acceptors (Lipinski definition) is 3. The second-order valence-electron chi connectivity index (χ2n) is 4.49. The summed E-state index contributed by atoms with van der Waals surface area (Å²) in [5, 5.41) is 0.510. The van der Waals surface area contributed by atoms with Gasteiger partial charge >= 0.3 is 0 Å². The first-order valence-corrected chi connectivity index (χ1v) is 7.79. The Bertz CT molecular complexity index is 883. The third-order valence-corrected chi connectivity index (χ3v) is 5.05. The number of nitrogens with zero attached hydrogens (tertiary/aromatic N) is 2. The summed E-state index contributed by atoms with van der Waals surface area (Å²) >= 11 is 5.95. The first-order chi connectivity index (χ1) is 9.48. The number of fused-ring (bicyclic) bond motifs is 1. The summed E-state index contributed by atoms with van der Waals surface area (Å²) in [6, 6.07) is 11.7. The summed E-state index contributed by atoms with van der Waals surface area (Å²) in [5.74, 6) is 0. The van der Waals surface area contributed by atoms with Gasteiger partial charge in [-0.15, -0.1) is 0 Å². The van der Waals surface area contributed by atoms with E-state index in [-0.39, 0.29) is 9.92 Å². The van der Waals surface area contributed by atoms with Gasteiger partial charge in [0.1, 0.15) is 11.5 Å². The van der Waals surface area contributed by atoms with Gasteiger partial charge in [0.05, 0.1) is 10.4 Å². The topological polar surface area (TPSA) is 51.4 Å². The van der Waals surface area contributed by atoms with E-state index in [1.54, 1.807) is 40.8 Å². The average molecular weight is 307 g/mol. The van der Waals surface area contributed by atoms with Crippen LogP contribution in [0.25, 0.3) is 5.52 Å². The SMILES string of the molecule is Cc1ccc(S(=O)(=O)c2cc3ccc(Cl)n3cn2)cc1. The number of rotatable bonds is 2. The zero-order chi connectivity index (χ0) is 14.3. The number of aryl methyl sites for hydroxylation is 1. The van der Waals surface area contributed by atoms with Crippen molar-refractivity contribution in [2.24, 2.45) is 0 Å². The van der Waals surface area contributed by atoms with Crippen molar-refractivity contribution in [1.82, 2.24) is 9.38 Å². The maximum absolute atomic E-state index is 12.5. The molecule has 1 aromatic carbocycles. The molecule has 0 saturated carbocycles. The fourth-order valence-corrected chi connectivity index (χ4v) is 3.34. The van der Waals surface area contributed by atoms with Gasteiger partial charge in [0.15, 0.2) is 5.03 Å². The van der Waals surface area contributed by atoms with E-state index in [9.17, 15) is 8.42 Å². The Morgan fingerprint density at radius 2 is 1.80 bits per heavy atom. The second-order valence-corrected chi connectivity index (χ2v) is 6.78. The Kier molecular flexibility index (Phi) is 3.03. The Hall–Kier alpha value is -1.85. The van der Waals surface area contributed by atoms with E-state index in [2.05, 4.69) is 4.98 Å². The van der Waals surface area contributed by atoms with Gasteiger partial charge in [-0.1, -0.05) is 29.3 Å². The molecule has 6 heteroatoms. The predicted octanol–water partition coefficient (Wildman–Crippen LogP) is 3.13. The van der Waals surface area contributed by atoms with E-state index in [0.717, 1.165) is 5.56 Å². The monoisotopic (exact) mass is 306 g/mol. The van der Waals surface area contributed by atoms with Gasteiger partial charge in [-0.25, -0.2) is 13.4 Å². The van der Waals surface area contributed by atoms with Crippen molar-refractivity contribution in [2.75, 3.05) is 0 Å². The maximum Gasteiger partial charge on any atom is 0.223 e. The van der Waals surface area contributed by atoms with Crippen LogP contribution in [0.3, 0.4) is 0 Å². The van der Waals surface area contributed by atoms with Crippen LogP contribution in [0.2, 0.25) is 5.15 Å². The molecule has 4 nitrogen and oxygen atoms in total. The molecule has 0 spiro atoms. The Morgan fingerprint density at radius 1 is 1.10 bits per heavy atom. The van der Waals surface area contributed by atoms with Gasteiger partial charge in [0.2, 0.25) is 9.84 Å². The molecule has 0 aliphatic heterocycles. The minimum Gasteiger partial charge on any atom is -0.291 e. The normalized spacial score (nSPS) is 11.9. The third-order valence-electron chi connectivity index (χ3n) is 3.08. The molecule has 2 heterocycles. The third kappa shape index (κ3) is 2.09. The molecule has 2 aromatic heterocycles. The van der Waals surface area contributed by atoms with Crippen LogP contribution in [0.4, 0.5) is 0 Å². The molecule has 0 saturated heterocycles. The van der Waals surface area contributed by atoms with E-state index in [1.165, 1.54) is 12.4 Å². The molecule has 0 aliphatic rings. The average Bonchev–Trinajstić information content (AvgIpc) is 2.80. The molecular weight excluding hydrogens is 296 g/mol. The van der Waals surface area contributed by atoms with Crippen LogP contribution < -0.4 is 0 Å². The summed E-state index contributed by atoms with van der Waals surface area (Å²) in [5.41, 5.74) is 1.70. The van der Waals surface area contributed by atoms with Crippen LogP contribution in [0.5, 0.6) is 0 Å². The van der Waals surface area contributed by atoms with Gasteiger partial charge in [-0.2, -0.15) is 0 Å². The molecule has 0 amide bonds. The largest absolute Gasteiger partial charge is 0.291 e. The van der Waals surface area contributed by atoms with Gasteiger partial charge < -0.3 is 0 Å². The minimum absolute atomic E-state index is 0.0172. The van der Waals surface area contributed by atoms with Crippen LogP contribution >= 0.6 is 11.6 Å². The molecule has 0 unspecified atom stereocenters. The van der Waals surface area contributed by atoms with Crippen molar-refractivity contribution >= 4 is 27.0 Å². The Labute approximate surface area is 121 Å². The molecule has 3 rings (SSSR count). The first kappa shape index (κ1) is 13.1. The number of sulfone groups is 1. The standard InChI is InChI=1S/C14H11ClN2O2S/c1-10-2-5-12(6-3-10)20(18,19)14-8-11-4-7-13(15)17(11)9-16-14/h2-9H,1H3. The Balaban J connectivity index is 2.15. The van der Waals surface area contributed by atoms with E-state index >= 15 is 0 Å². The first-order valence-electron chi connectivity index (χ1n) is 5.93. The molecule has 0 fully saturated rings. The summed E-state index contributed by atoms with van der Waals surface area (Å²) in [7, 11) is -3.61. The van der Waals surface area contributed by atoms with Crippen LogP contribution in [-0.4, -0.2) is 17.8 Å². The summed E-state index contributed by atoms with van der Waals surface area (Å²) in [6.07, 6.45) is 1.42. The van der Waals surface area contributed by atoms with E-state index in [1.807, 2.05) is 6.92 Å². The Morgan fingerprint density at radius 3 is 2.50 bits per heavy atom. The molecule has 0 aliphatic carbocycles. The van der Waals surface area contributed by atoms with E-state index in [0.29, 0.717) is 10.7 Å². The lowest BCUT2D eigenvalue weighted by Crippen LogP contribution is -2.05. The quantitative estimate of drug-likeness (QED) is 0.684. The summed E-state index contributed by atoms with van der Waals surface area (Å²) < 4.78 is 26.6. The van der Waals surface area contributed by atoms with Crippen molar-refractivity contribution in [3.63, 3.8) is 0 Å². The van der Waals surface area contributed by atoms with Crippen molar-refractivity contribution in [2.45, 2.75) is 16.8 Å². The smallest absolute Gasteiger partial charge is 0.223 e. The van der Waals surface area contributed by atoms with Gasteiger partial charge in [0, 0.05) is 6.07 Å². The number of aromatic nitrogens is 2. The lowest BCUT2D eigenvalue weighted by molar-refractivity contribution is 0.592. The molecule has 0 atom stereocenters. The highest BCUT2D eigenvalue weighted by Crippen LogP contribution is 2.22. The van der Waals surface area contributed by atoms with Crippen LogP contribution in [0.15, 0.2) is 58.7 Å². The minimum atomic E-state index is -3.61. The highest BCUT2D eigenvalue weighted by molar-refractivity contribution is 7.91. The number of hydrogen-bond donors (Lipinski definition) is 0. The predicted molar refractivity (Wildman–Crippen MR) is 76.8 cm³/mol. The number of benzene rings is 1. The molecule has 102 valence electrons. The lowest BCUT2D eigenvalue weighted by Gasteiger charge is -2.05. The van der Waals surface area contributed by atoms with Crippen molar-refractivity contribution in [1.29, 1.82) is 0 Å². The van der Waals surface area contributed by atoms with E-state index in [4.69, 9.17) is 11.6 Å². The fourth-order valence-electron chi connectivity index (χ4n) is 1.94. The molecule has 0 N–H and O–H groups in total. The van der Waals surface area contributed by atoms with Crippen molar-refractivity contribution < 1.29 is 8.42 Å². The molecule has 0 bridgehead atoms. The summed E-state index contributed by atoms with van der Waals surface area (Å²) in [6.45, 7) is 1.91. The van der Waals surface area contributed by atoms with Gasteiger partial charge in [-0.3, -0.25) is 4.40 Å². The van der Waals surface area contributed by atoms with Crippen LogP contribution in [-0.2, 0) is 9.84 Å². The van der Waals surface area contributed by atoms with Crippen molar-refractivity contribution in [3.05, 3.63) is 59.5 Å². The molecule has 3 aromatic rings. The van der Waals surface area contributed by atoms with Crippen molar-refractivity contribution in [3.8, 4) is 0 Å².